The summed E-state index contributed by atoms with van der Waals surface area (Å²) in [7, 11) is 0. The highest BCUT2D eigenvalue weighted by Crippen LogP contribution is 2.16. The Labute approximate surface area is 138 Å². The van der Waals surface area contributed by atoms with Crippen LogP contribution in [0.1, 0.15) is 12.5 Å². The SMILES string of the molecule is CCOc1ccc(C=NN2CCN(c3ccccc3)CC2)cc1. The van der Waals surface area contributed by atoms with Gasteiger partial charge in [-0.05, 0) is 48.9 Å². The van der Waals surface area contributed by atoms with Gasteiger partial charge in [-0.3, -0.25) is 5.01 Å². The van der Waals surface area contributed by atoms with Crippen molar-refractivity contribution in [2.75, 3.05) is 37.7 Å². The molecule has 0 spiro atoms. The van der Waals surface area contributed by atoms with E-state index in [1.54, 1.807) is 0 Å². The van der Waals surface area contributed by atoms with Gasteiger partial charge in [-0.25, -0.2) is 0 Å². The van der Waals surface area contributed by atoms with Crippen molar-refractivity contribution in [2.24, 2.45) is 5.10 Å². The first-order valence-corrected chi connectivity index (χ1v) is 8.17. The Morgan fingerprint density at radius 2 is 1.65 bits per heavy atom. The monoisotopic (exact) mass is 309 g/mol. The molecule has 0 saturated carbocycles. The lowest BCUT2D eigenvalue weighted by atomic mass is 10.2. The van der Waals surface area contributed by atoms with Crippen molar-refractivity contribution in [3.63, 3.8) is 0 Å². The number of ether oxygens (including phenoxy) is 1. The smallest absolute Gasteiger partial charge is 0.119 e. The van der Waals surface area contributed by atoms with E-state index < -0.39 is 0 Å². The summed E-state index contributed by atoms with van der Waals surface area (Å²) in [5.74, 6) is 0.904. The maximum Gasteiger partial charge on any atom is 0.119 e. The largest absolute Gasteiger partial charge is 0.494 e. The molecule has 0 aliphatic carbocycles. The Morgan fingerprint density at radius 1 is 0.957 bits per heavy atom. The standard InChI is InChI=1S/C19H23N3O/c1-2-23-19-10-8-17(9-11-19)16-20-22-14-12-21(13-15-22)18-6-4-3-5-7-18/h3-11,16H,2,12-15H2,1H3. The second-order valence-electron chi connectivity index (χ2n) is 5.52. The minimum atomic E-state index is 0.694. The number of benzene rings is 2. The van der Waals surface area contributed by atoms with Crippen LogP contribution in [0, 0.1) is 0 Å². The van der Waals surface area contributed by atoms with Crippen molar-refractivity contribution in [1.82, 2.24) is 5.01 Å². The number of hydrogen-bond donors (Lipinski definition) is 0. The van der Waals surface area contributed by atoms with Crippen LogP contribution >= 0.6 is 0 Å². The summed E-state index contributed by atoms with van der Waals surface area (Å²) in [5, 5.41) is 6.73. The van der Waals surface area contributed by atoms with E-state index in [9.17, 15) is 0 Å². The minimum absolute atomic E-state index is 0.694. The Bertz CT molecular complexity index is 617. The first kappa shape index (κ1) is 15.4. The Hall–Kier alpha value is -2.49. The van der Waals surface area contributed by atoms with Gasteiger partial charge in [-0.1, -0.05) is 18.2 Å². The molecule has 0 bridgehead atoms. The number of anilines is 1. The summed E-state index contributed by atoms with van der Waals surface area (Å²) in [6.45, 7) is 6.59. The van der Waals surface area contributed by atoms with Crippen LogP contribution in [0.3, 0.4) is 0 Å². The molecule has 0 amide bonds. The van der Waals surface area contributed by atoms with E-state index in [0.717, 1.165) is 37.5 Å². The van der Waals surface area contributed by atoms with Gasteiger partial charge in [-0.2, -0.15) is 5.10 Å². The first-order chi connectivity index (χ1) is 11.3. The second-order valence-corrected chi connectivity index (χ2v) is 5.52. The Morgan fingerprint density at radius 3 is 2.30 bits per heavy atom. The molecule has 2 aromatic rings. The van der Waals surface area contributed by atoms with E-state index in [0.29, 0.717) is 6.61 Å². The number of hydrogen-bond acceptors (Lipinski definition) is 4. The van der Waals surface area contributed by atoms with Gasteiger partial charge in [0.25, 0.3) is 0 Å². The lowest BCUT2D eigenvalue weighted by Gasteiger charge is -2.34. The lowest BCUT2D eigenvalue weighted by molar-refractivity contribution is 0.272. The third-order valence-corrected chi connectivity index (χ3v) is 3.94. The fourth-order valence-corrected chi connectivity index (χ4v) is 2.67. The molecule has 120 valence electrons. The van der Waals surface area contributed by atoms with Gasteiger partial charge in [0.05, 0.1) is 25.9 Å². The van der Waals surface area contributed by atoms with Crippen molar-refractivity contribution in [3.8, 4) is 5.75 Å². The van der Waals surface area contributed by atoms with Crippen molar-refractivity contribution in [3.05, 3.63) is 60.2 Å². The van der Waals surface area contributed by atoms with Gasteiger partial charge < -0.3 is 9.64 Å². The maximum atomic E-state index is 5.45. The van der Waals surface area contributed by atoms with Crippen LogP contribution in [0.15, 0.2) is 59.7 Å². The average Bonchev–Trinajstić information content (AvgIpc) is 2.63. The van der Waals surface area contributed by atoms with E-state index in [2.05, 4.69) is 45.3 Å². The quantitative estimate of drug-likeness (QED) is 0.794. The molecule has 0 aromatic heterocycles. The predicted molar refractivity (Wildman–Crippen MR) is 95.4 cm³/mol. The van der Waals surface area contributed by atoms with Crippen molar-refractivity contribution >= 4 is 11.9 Å². The summed E-state index contributed by atoms with van der Waals surface area (Å²) >= 11 is 0. The van der Waals surface area contributed by atoms with Crippen molar-refractivity contribution < 1.29 is 4.74 Å². The highest BCUT2D eigenvalue weighted by Gasteiger charge is 2.15. The molecule has 0 unspecified atom stereocenters. The molecule has 23 heavy (non-hydrogen) atoms. The highest BCUT2D eigenvalue weighted by atomic mass is 16.5. The molecule has 1 fully saturated rings. The zero-order valence-electron chi connectivity index (χ0n) is 13.6. The van der Waals surface area contributed by atoms with E-state index >= 15 is 0 Å². The normalized spacial score (nSPS) is 15.2. The number of para-hydroxylation sites is 1. The van der Waals surface area contributed by atoms with Gasteiger partial charge in [-0.15, -0.1) is 0 Å². The summed E-state index contributed by atoms with van der Waals surface area (Å²) in [5.41, 5.74) is 2.39. The number of rotatable bonds is 5. The Balaban J connectivity index is 1.52. The van der Waals surface area contributed by atoms with Crippen LogP contribution in [0.4, 0.5) is 5.69 Å². The molecule has 4 nitrogen and oxygen atoms in total. The molecule has 1 heterocycles. The van der Waals surface area contributed by atoms with Gasteiger partial charge in [0.15, 0.2) is 0 Å². The average molecular weight is 309 g/mol. The number of hydrazone groups is 1. The molecule has 1 saturated heterocycles. The zero-order chi connectivity index (χ0) is 15.9. The van der Waals surface area contributed by atoms with Crippen LogP contribution in [-0.2, 0) is 0 Å². The number of nitrogens with zero attached hydrogens (tertiary/aromatic N) is 3. The van der Waals surface area contributed by atoms with E-state index in [-0.39, 0.29) is 0 Å². The third-order valence-electron chi connectivity index (χ3n) is 3.94. The summed E-state index contributed by atoms with van der Waals surface area (Å²) < 4.78 is 5.45. The summed E-state index contributed by atoms with van der Waals surface area (Å²) in [4.78, 5) is 2.41. The second kappa shape index (κ2) is 7.68. The van der Waals surface area contributed by atoms with Crippen molar-refractivity contribution in [1.29, 1.82) is 0 Å². The molecule has 0 N–H and O–H groups in total. The predicted octanol–water partition coefficient (Wildman–Crippen LogP) is 3.24. The molecular formula is C19H23N3O. The van der Waals surface area contributed by atoms with Crippen LogP contribution < -0.4 is 9.64 Å². The molecule has 0 radical (unpaired) electrons. The lowest BCUT2D eigenvalue weighted by Crippen LogP contribution is -2.44. The van der Waals surface area contributed by atoms with Crippen LogP contribution in [-0.4, -0.2) is 44.0 Å². The molecule has 3 rings (SSSR count). The maximum absolute atomic E-state index is 5.45. The van der Waals surface area contributed by atoms with Gasteiger partial charge in [0.1, 0.15) is 5.75 Å². The molecule has 1 aliphatic heterocycles. The van der Waals surface area contributed by atoms with Gasteiger partial charge >= 0.3 is 0 Å². The van der Waals surface area contributed by atoms with Gasteiger partial charge in [0, 0.05) is 18.8 Å². The van der Waals surface area contributed by atoms with E-state index in [4.69, 9.17) is 4.74 Å². The fraction of sp³-hybridized carbons (Fsp3) is 0.316. The van der Waals surface area contributed by atoms with E-state index in [1.165, 1.54) is 5.69 Å². The zero-order valence-corrected chi connectivity index (χ0v) is 13.6. The Kier molecular flexibility index (Phi) is 5.14. The highest BCUT2D eigenvalue weighted by molar-refractivity contribution is 5.79. The fourth-order valence-electron chi connectivity index (χ4n) is 2.67. The third kappa shape index (κ3) is 4.25. The molecule has 2 aromatic carbocycles. The molecule has 0 atom stereocenters. The molecular weight excluding hydrogens is 286 g/mol. The van der Waals surface area contributed by atoms with Gasteiger partial charge in [0.2, 0.25) is 0 Å². The minimum Gasteiger partial charge on any atom is -0.494 e. The summed E-state index contributed by atoms with van der Waals surface area (Å²) in [6.07, 6.45) is 1.92. The van der Waals surface area contributed by atoms with Crippen LogP contribution in [0.5, 0.6) is 5.75 Å². The molecule has 4 heteroatoms. The van der Waals surface area contributed by atoms with Crippen LogP contribution in [0.25, 0.3) is 0 Å². The number of piperazine rings is 1. The topological polar surface area (TPSA) is 28.1 Å². The van der Waals surface area contributed by atoms with Crippen molar-refractivity contribution in [2.45, 2.75) is 6.92 Å². The summed E-state index contributed by atoms with van der Waals surface area (Å²) in [6, 6.07) is 18.6. The first-order valence-electron chi connectivity index (χ1n) is 8.17. The van der Waals surface area contributed by atoms with Crippen LogP contribution in [0.2, 0.25) is 0 Å². The van der Waals surface area contributed by atoms with E-state index in [1.807, 2.05) is 37.4 Å². The molecule has 1 aliphatic rings.